The molecule has 94 valence electrons. The van der Waals surface area contributed by atoms with Crippen LogP contribution in [0.25, 0.3) is 11.4 Å². The first kappa shape index (κ1) is 12.2. The standard InChI is InChI=1S/C11H15N7/c1-3-18(4-2)11-16-9(15-10(12)17-11)8-5-13-7-14-6-8/h5-7H,3-4H2,1-2H3,(H2,12,15,16,17). The van der Waals surface area contributed by atoms with E-state index in [1.165, 1.54) is 6.33 Å². The third-order valence-electron chi connectivity index (χ3n) is 2.51. The summed E-state index contributed by atoms with van der Waals surface area (Å²) in [4.78, 5) is 22.5. The van der Waals surface area contributed by atoms with E-state index in [0.717, 1.165) is 18.7 Å². The third kappa shape index (κ3) is 2.50. The van der Waals surface area contributed by atoms with Crippen molar-refractivity contribution in [2.75, 3.05) is 23.7 Å². The zero-order valence-electron chi connectivity index (χ0n) is 10.4. The second-order valence-corrected chi connectivity index (χ2v) is 3.62. The van der Waals surface area contributed by atoms with E-state index in [0.29, 0.717) is 11.8 Å². The number of anilines is 2. The number of rotatable bonds is 4. The number of nitrogens with two attached hydrogens (primary N) is 1. The molecular formula is C11H15N7. The van der Waals surface area contributed by atoms with Crippen LogP contribution in [0.5, 0.6) is 0 Å². The van der Waals surface area contributed by atoms with Gasteiger partial charge in [0, 0.05) is 25.5 Å². The van der Waals surface area contributed by atoms with Crippen molar-refractivity contribution < 1.29 is 0 Å². The van der Waals surface area contributed by atoms with Gasteiger partial charge in [-0.2, -0.15) is 15.0 Å². The van der Waals surface area contributed by atoms with E-state index in [1.54, 1.807) is 12.4 Å². The average Bonchev–Trinajstić information content (AvgIpc) is 2.40. The van der Waals surface area contributed by atoms with Gasteiger partial charge >= 0.3 is 0 Å². The maximum Gasteiger partial charge on any atom is 0.230 e. The smallest absolute Gasteiger partial charge is 0.230 e. The molecule has 0 aromatic carbocycles. The lowest BCUT2D eigenvalue weighted by atomic mass is 10.3. The lowest BCUT2D eigenvalue weighted by Gasteiger charge is -2.18. The molecule has 7 heteroatoms. The Kier molecular flexibility index (Phi) is 3.61. The van der Waals surface area contributed by atoms with Crippen LogP contribution < -0.4 is 10.6 Å². The van der Waals surface area contributed by atoms with E-state index in [2.05, 4.69) is 24.9 Å². The summed E-state index contributed by atoms with van der Waals surface area (Å²) in [5.41, 5.74) is 6.44. The second kappa shape index (κ2) is 5.35. The summed E-state index contributed by atoms with van der Waals surface area (Å²) < 4.78 is 0. The molecule has 0 aliphatic heterocycles. The monoisotopic (exact) mass is 245 g/mol. The van der Waals surface area contributed by atoms with Crippen LogP contribution in [0.3, 0.4) is 0 Å². The van der Waals surface area contributed by atoms with Gasteiger partial charge in [-0.3, -0.25) is 0 Å². The SMILES string of the molecule is CCN(CC)c1nc(N)nc(-c2cncnc2)n1. The molecule has 18 heavy (non-hydrogen) atoms. The van der Waals surface area contributed by atoms with E-state index in [1.807, 2.05) is 18.7 Å². The molecule has 0 atom stereocenters. The van der Waals surface area contributed by atoms with Crippen molar-refractivity contribution in [3.05, 3.63) is 18.7 Å². The Balaban J connectivity index is 2.44. The molecular weight excluding hydrogens is 230 g/mol. The van der Waals surface area contributed by atoms with Crippen LogP contribution in [0.2, 0.25) is 0 Å². The summed E-state index contributed by atoms with van der Waals surface area (Å²) in [7, 11) is 0. The fourth-order valence-corrected chi connectivity index (χ4v) is 1.57. The largest absolute Gasteiger partial charge is 0.368 e. The number of hydrogen-bond acceptors (Lipinski definition) is 7. The minimum Gasteiger partial charge on any atom is -0.368 e. The second-order valence-electron chi connectivity index (χ2n) is 3.62. The van der Waals surface area contributed by atoms with Gasteiger partial charge in [0.2, 0.25) is 11.9 Å². The topological polar surface area (TPSA) is 93.7 Å². The van der Waals surface area contributed by atoms with E-state index in [9.17, 15) is 0 Å². The summed E-state index contributed by atoms with van der Waals surface area (Å²) >= 11 is 0. The van der Waals surface area contributed by atoms with Gasteiger partial charge in [0.05, 0.1) is 5.56 Å². The Morgan fingerprint density at radius 3 is 2.33 bits per heavy atom. The molecule has 0 saturated heterocycles. The maximum absolute atomic E-state index is 5.71. The van der Waals surface area contributed by atoms with Crippen molar-refractivity contribution >= 4 is 11.9 Å². The van der Waals surface area contributed by atoms with Crippen LogP contribution in [0.1, 0.15) is 13.8 Å². The lowest BCUT2D eigenvalue weighted by molar-refractivity contribution is 0.816. The average molecular weight is 245 g/mol. The highest BCUT2D eigenvalue weighted by Crippen LogP contribution is 2.16. The molecule has 2 aromatic heterocycles. The van der Waals surface area contributed by atoms with Crippen molar-refractivity contribution in [3.63, 3.8) is 0 Å². The molecule has 0 aliphatic rings. The Bertz CT molecular complexity index is 510. The fraction of sp³-hybridized carbons (Fsp3) is 0.364. The molecule has 0 unspecified atom stereocenters. The fourth-order valence-electron chi connectivity index (χ4n) is 1.57. The number of hydrogen-bond donors (Lipinski definition) is 1. The number of nitrogen functional groups attached to an aromatic ring is 1. The highest BCUT2D eigenvalue weighted by atomic mass is 15.3. The predicted octanol–water partition coefficient (Wildman–Crippen LogP) is 0.757. The van der Waals surface area contributed by atoms with Crippen LogP contribution in [0.4, 0.5) is 11.9 Å². The molecule has 0 radical (unpaired) electrons. The highest BCUT2D eigenvalue weighted by Gasteiger charge is 2.11. The normalized spacial score (nSPS) is 10.3. The minimum atomic E-state index is 0.200. The van der Waals surface area contributed by atoms with Crippen molar-refractivity contribution in [2.24, 2.45) is 0 Å². The Morgan fingerprint density at radius 1 is 1.06 bits per heavy atom. The number of nitrogens with zero attached hydrogens (tertiary/aromatic N) is 6. The molecule has 0 bridgehead atoms. The zero-order valence-corrected chi connectivity index (χ0v) is 10.4. The van der Waals surface area contributed by atoms with Crippen LogP contribution in [0, 0.1) is 0 Å². The summed E-state index contributed by atoms with van der Waals surface area (Å²) in [6.45, 7) is 5.69. The Hall–Kier alpha value is -2.31. The summed E-state index contributed by atoms with van der Waals surface area (Å²) in [6.07, 6.45) is 4.75. The molecule has 2 aromatic rings. The maximum atomic E-state index is 5.71. The Labute approximate surface area is 105 Å². The van der Waals surface area contributed by atoms with Crippen LogP contribution in [0.15, 0.2) is 18.7 Å². The van der Waals surface area contributed by atoms with Crippen molar-refractivity contribution in [1.82, 2.24) is 24.9 Å². The number of aromatic nitrogens is 5. The van der Waals surface area contributed by atoms with Crippen LogP contribution in [-0.2, 0) is 0 Å². The van der Waals surface area contributed by atoms with E-state index < -0.39 is 0 Å². The van der Waals surface area contributed by atoms with Crippen LogP contribution >= 0.6 is 0 Å². The van der Waals surface area contributed by atoms with Crippen molar-refractivity contribution in [3.8, 4) is 11.4 Å². The van der Waals surface area contributed by atoms with Gasteiger partial charge in [-0.05, 0) is 13.8 Å². The molecule has 0 spiro atoms. The zero-order chi connectivity index (χ0) is 13.0. The summed E-state index contributed by atoms with van der Waals surface area (Å²) in [6, 6.07) is 0. The molecule has 0 aliphatic carbocycles. The Morgan fingerprint density at radius 2 is 1.72 bits per heavy atom. The minimum absolute atomic E-state index is 0.200. The quantitative estimate of drug-likeness (QED) is 0.849. The molecule has 0 fully saturated rings. The van der Waals surface area contributed by atoms with E-state index in [-0.39, 0.29) is 5.95 Å². The molecule has 2 rings (SSSR count). The van der Waals surface area contributed by atoms with Crippen molar-refractivity contribution in [1.29, 1.82) is 0 Å². The molecule has 0 saturated carbocycles. The first-order chi connectivity index (χ1) is 8.74. The van der Waals surface area contributed by atoms with Crippen LogP contribution in [-0.4, -0.2) is 38.0 Å². The van der Waals surface area contributed by atoms with Gasteiger partial charge in [-0.1, -0.05) is 0 Å². The molecule has 2 N–H and O–H groups in total. The van der Waals surface area contributed by atoms with E-state index in [4.69, 9.17) is 5.73 Å². The lowest BCUT2D eigenvalue weighted by Crippen LogP contribution is -2.25. The molecule has 7 nitrogen and oxygen atoms in total. The molecule has 2 heterocycles. The third-order valence-corrected chi connectivity index (χ3v) is 2.51. The van der Waals surface area contributed by atoms with E-state index >= 15 is 0 Å². The molecule has 0 amide bonds. The van der Waals surface area contributed by atoms with Gasteiger partial charge in [0.1, 0.15) is 6.33 Å². The van der Waals surface area contributed by atoms with Gasteiger partial charge < -0.3 is 10.6 Å². The predicted molar refractivity (Wildman–Crippen MR) is 68.8 cm³/mol. The van der Waals surface area contributed by atoms with Crippen molar-refractivity contribution in [2.45, 2.75) is 13.8 Å². The van der Waals surface area contributed by atoms with Gasteiger partial charge in [-0.25, -0.2) is 9.97 Å². The summed E-state index contributed by atoms with van der Waals surface area (Å²) in [5.74, 6) is 1.27. The first-order valence-corrected chi connectivity index (χ1v) is 5.76. The van der Waals surface area contributed by atoms with Gasteiger partial charge in [-0.15, -0.1) is 0 Å². The first-order valence-electron chi connectivity index (χ1n) is 5.76. The van der Waals surface area contributed by atoms with Gasteiger partial charge in [0.25, 0.3) is 0 Å². The van der Waals surface area contributed by atoms with Gasteiger partial charge in [0.15, 0.2) is 5.82 Å². The summed E-state index contributed by atoms with van der Waals surface area (Å²) in [5, 5.41) is 0. The highest BCUT2D eigenvalue weighted by molar-refractivity contribution is 5.55.